The van der Waals surface area contributed by atoms with Crippen molar-refractivity contribution in [2.45, 2.75) is 19.3 Å². The molecule has 0 aliphatic rings. The molecule has 0 bridgehead atoms. The van der Waals surface area contributed by atoms with Gasteiger partial charge in [0.1, 0.15) is 5.75 Å². The minimum atomic E-state index is 0.0964. The van der Waals surface area contributed by atoms with Crippen LogP contribution in [0.2, 0.25) is 0 Å². The van der Waals surface area contributed by atoms with Crippen LogP contribution >= 0.6 is 0 Å². The van der Waals surface area contributed by atoms with Crippen LogP contribution in [0.4, 0.5) is 0 Å². The van der Waals surface area contributed by atoms with Crippen LogP contribution < -0.4 is 10.1 Å². The van der Waals surface area contributed by atoms with Gasteiger partial charge in [-0.2, -0.15) is 0 Å². The maximum Gasteiger partial charge on any atom is 0.220 e. The molecule has 1 aromatic carbocycles. The molecule has 0 aliphatic heterocycles. The summed E-state index contributed by atoms with van der Waals surface area (Å²) in [6.07, 6.45) is 4.10. The molecule has 0 unspecified atom stereocenters. The van der Waals surface area contributed by atoms with E-state index in [1.54, 1.807) is 7.11 Å². The van der Waals surface area contributed by atoms with Gasteiger partial charge in [0.25, 0.3) is 0 Å². The Labute approximate surface area is 125 Å². The smallest absolute Gasteiger partial charge is 0.220 e. The molecule has 4 nitrogen and oxygen atoms in total. The summed E-state index contributed by atoms with van der Waals surface area (Å²) < 4.78 is 7.23. The minimum absolute atomic E-state index is 0.0964. The van der Waals surface area contributed by atoms with E-state index in [-0.39, 0.29) is 5.91 Å². The number of nitrogens with one attached hydrogen (secondary N) is 1. The molecule has 0 atom stereocenters. The van der Waals surface area contributed by atoms with Crippen LogP contribution in [0.1, 0.15) is 17.7 Å². The fraction of sp³-hybridized carbons (Fsp3) is 0.353. The highest BCUT2D eigenvalue weighted by atomic mass is 16.5. The molecule has 4 heteroatoms. The predicted molar refractivity (Wildman–Crippen MR) is 83.4 cm³/mol. The first kappa shape index (κ1) is 15.2. The van der Waals surface area contributed by atoms with Gasteiger partial charge in [-0.25, -0.2) is 0 Å². The molecule has 0 spiro atoms. The number of nitrogens with zero attached hydrogens (tertiary/aromatic N) is 1. The summed E-state index contributed by atoms with van der Waals surface area (Å²) in [6.45, 7) is 0.652. The zero-order valence-electron chi connectivity index (χ0n) is 12.6. The van der Waals surface area contributed by atoms with Crippen molar-refractivity contribution in [2.75, 3.05) is 13.7 Å². The molecule has 1 N–H and O–H groups in total. The summed E-state index contributed by atoms with van der Waals surface area (Å²) in [6, 6.07) is 12.0. The van der Waals surface area contributed by atoms with Crippen LogP contribution in [0.5, 0.6) is 5.75 Å². The zero-order valence-corrected chi connectivity index (χ0v) is 12.6. The molecule has 1 aromatic heterocycles. The van der Waals surface area contributed by atoms with Gasteiger partial charge in [-0.3, -0.25) is 4.79 Å². The monoisotopic (exact) mass is 286 g/mol. The van der Waals surface area contributed by atoms with Crippen molar-refractivity contribution in [3.8, 4) is 5.75 Å². The second-order valence-electron chi connectivity index (χ2n) is 5.06. The highest BCUT2D eigenvalue weighted by Gasteiger charge is 2.04. The van der Waals surface area contributed by atoms with E-state index in [0.29, 0.717) is 13.0 Å². The van der Waals surface area contributed by atoms with Gasteiger partial charge >= 0.3 is 0 Å². The molecule has 0 saturated carbocycles. The number of benzene rings is 1. The topological polar surface area (TPSA) is 43.3 Å². The van der Waals surface area contributed by atoms with Crippen molar-refractivity contribution in [2.24, 2.45) is 7.05 Å². The number of hydrogen-bond acceptors (Lipinski definition) is 2. The standard InChI is InChI=1S/C17H22N2O2/c1-19-12-4-6-15(19)8-9-17(20)18-11-10-14-5-3-7-16(13-14)21-2/h3-7,12-13H,8-11H2,1-2H3,(H,18,20). The molecule has 112 valence electrons. The summed E-state index contributed by atoms with van der Waals surface area (Å²) >= 11 is 0. The number of rotatable bonds is 7. The summed E-state index contributed by atoms with van der Waals surface area (Å²) in [7, 11) is 3.65. The average molecular weight is 286 g/mol. The third-order valence-electron chi connectivity index (χ3n) is 3.53. The third-order valence-corrected chi connectivity index (χ3v) is 3.53. The molecular formula is C17H22N2O2. The predicted octanol–water partition coefficient (Wildman–Crippen LogP) is 2.33. The van der Waals surface area contributed by atoms with Crippen molar-refractivity contribution in [3.63, 3.8) is 0 Å². The van der Waals surface area contributed by atoms with Crippen molar-refractivity contribution in [3.05, 3.63) is 53.9 Å². The molecule has 0 aliphatic carbocycles. The number of methoxy groups -OCH3 is 1. The van der Waals surface area contributed by atoms with Gasteiger partial charge in [-0.05, 0) is 42.7 Å². The second kappa shape index (κ2) is 7.53. The van der Waals surface area contributed by atoms with Crippen LogP contribution in [-0.4, -0.2) is 24.1 Å². The molecule has 2 rings (SSSR count). The van der Waals surface area contributed by atoms with Gasteiger partial charge < -0.3 is 14.6 Å². The van der Waals surface area contributed by atoms with E-state index < -0.39 is 0 Å². The van der Waals surface area contributed by atoms with E-state index in [0.717, 1.165) is 24.2 Å². The van der Waals surface area contributed by atoms with Crippen LogP contribution in [0.3, 0.4) is 0 Å². The molecule has 1 heterocycles. The number of carbonyl (C=O) groups is 1. The van der Waals surface area contributed by atoms with Crippen LogP contribution in [0, 0.1) is 0 Å². The van der Waals surface area contributed by atoms with Crippen molar-refractivity contribution >= 4 is 5.91 Å². The summed E-state index contributed by atoms with van der Waals surface area (Å²) in [5, 5.41) is 2.96. The van der Waals surface area contributed by atoms with Gasteiger partial charge in [0, 0.05) is 31.9 Å². The lowest BCUT2D eigenvalue weighted by Gasteiger charge is -2.07. The Bertz CT molecular complexity index is 590. The summed E-state index contributed by atoms with van der Waals surface area (Å²) in [4.78, 5) is 11.8. The van der Waals surface area contributed by atoms with E-state index in [1.165, 1.54) is 5.69 Å². The fourth-order valence-electron chi connectivity index (χ4n) is 2.26. The molecule has 1 amide bonds. The first-order valence-corrected chi connectivity index (χ1v) is 7.19. The van der Waals surface area contributed by atoms with E-state index in [4.69, 9.17) is 4.74 Å². The summed E-state index contributed by atoms with van der Waals surface area (Å²) in [5.41, 5.74) is 2.34. The van der Waals surface area contributed by atoms with Gasteiger partial charge in [0.15, 0.2) is 0 Å². The fourth-order valence-corrected chi connectivity index (χ4v) is 2.26. The van der Waals surface area contributed by atoms with E-state index in [1.807, 2.05) is 54.2 Å². The normalized spacial score (nSPS) is 10.4. The lowest BCUT2D eigenvalue weighted by atomic mass is 10.1. The van der Waals surface area contributed by atoms with Crippen molar-refractivity contribution in [1.82, 2.24) is 9.88 Å². The summed E-state index contributed by atoms with van der Waals surface area (Å²) in [5.74, 6) is 0.946. The van der Waals surface area contributed by atoms with E-state index >= 15 is 0 Å². The quantitative estimate of drug-likeness (QED) is 0.849. The lowest BCUT2D eigenvalue weighted by Crippen LogP contribution is -2.26. The number of aryl methyl sites for hydroxylation is 2. The Hall–Kier alpha value is -2.23. The number of amides is 1. The zero-order chi connectivity index (χ0) is 15.1. The maximum absolute atomic E-state index is 11.8. The molecule has 2 aromatic rings. The van der Waals surface area contributed by atoms with Crippen LogP contribution in [0.15, 0.2) is 42.6 Å². The highest BCUT2D eigenvalue weighted by Crippen LogP contribution is 2.12. The number of ether oxygens (including phenoxy) is 1. The van der Waals surface area contributed by atoms with E-state index in [2.05, 4.69) is 5.32 Å². The molecule has 0 saturated heterocycles. The van der Waals surface area contributed by atoms with Crippen molar-refractivity contribution in [1.29, 1.82) is 0 Å². The number of hydrogen-bond donors (Lipinski definition) is 1. The maximum atomic E-state index is 11.8. The molecule has 0 fully saturated rings. The molecule has 21 heavy (non-hydrogen) atoms. The number of aromatic nitrogens is 1. The van der Waals surface area contributed by atoms with Crippen LogP contribution in [0.25, 0.3) is 0 Å². The minimum Gasteiger partial charge on any atom is -0.497 e. The Morgan fingerprint density at radius 1 is 1.24 bits per heavy atom. The average Bonchev–Trinajstić information content (AvgIpc) is 2.91. The van der Waals surface area contributed by atoms with Crippen LogP contribution in [-0.2, 0) is 24.7 Å². The van der Waals surface area contributed by atoms with E-state index in [9.17, 15) is 4.79 Å². The van der Waals surface area contributed by atoms with Gasteiger partial charge in [-0.15, -0.1) is 0 Å². The van der Waals surface area contributed by atoms with Crippen molar-refractivity contribution < 1.29 is 9.53 Å². The Morgan fingerprint density at radius 2 is 2.10 bits per heavy atom. The Morgan fingerprint density at radius 3 is 2.81 bits per heavy atom. The molecular weight excluding hydrogens is 264 g/mol. The SMILES string of the molecule is COc1cccc(CCNC(=O)CCc2cccn2C)c1. The number of carbonyl (C=O) groups excluding carboxylic acids is 1. The first-order valence-electron chi connectivity index (χ1n) is 7.19. The lowest BCUT2D eigenvalue weighted by molar-refractivity contribution is -0.121. The molecule has 0 radical (unpaired) electrons. The Balaban J connectivity index is 1.70. The van der Waals surface area contributed by atoms with Gasteiger partial charge in [0.2, 0.25) is 5.91 Å². The van der Waals surface area contributed by atoms with Gasteiger partial charge in [0.05, 0.1) is 7.11 Å². The second-order valence-corrected chi connectivity index (χ2v) is 5.06. The largest absolute Gasteiger partial charge is 0.497 e. The van der Waals surface area contributed by atoms with Gasteiger partial charge in [-0.1, -0.05) is 12.1 Å². The third kappa shape index (κ3) is 4.67. The first-order chi connectivity index (χ1) is 10.2. The highest BCUT2D eigenvalue weighted by molar-refractivity contribution is 5.76. The Kier molecular flexibility index (Phi) is 5.43.